The van der Waals surface area contributed by atoms with Crippen LogP contribution in [0.4, 0.5) is 0 Å². The lowest BCUT2D eigenvalue weighted by molar-refractivity contribution is 0.475. The Morgan fingerprint density at radius 3 is 2.94 bits per heavy atom. The predicted octanol–water partition coefficient (Wildman–Crippen LogP) is 3.93. The van der Waals surface area contributed by atoms with Crippen LogP contribution >= 0.6 is 11.3 Å². The van der Waals surface area contributed by atoms with Crippen molar-refractivity contribution >= 4 is 11.3 Å². The summed E-state index contributed by atoms with van der Waals surface area (Å²) in [6.45, 7) is 9.31. The van der Waals surface area contributed by atoms with E-state index in [0.717, 1.165) is 19.4 Å². The van der Waals surface area contributed by atoms with Crippen LogP contribution in [0.15, 0.2) is 24.1 Å². The van der Waals surface area contributed by atoms with Crippen molar-refractivity contribution in [3.8, 4) is 0 Å². The molecular formula is C14H23NS. The van der Waals surface area contributed by atoms with Gasteiger partial charge in [0.2, 0.25) is 0 Å². The van der Waals surface area contributed by atoms with Gasteiger partial charge < -0.3 is 5.32 Å². The van der Waals surface area contributed by atoms with E-state index in [1.54, 1.807) is 0 Å². The molecule has 1 unspecified atom stereocenters. The third kappa shape index (κ3) is 4.50. The van der Waals surface area contributed by atoms with Gasteiger partial charge in [0.15, 0.2) is 0 Å². The first-order chi connectivity index (χ1) is 7.77. The van der Waals surface area contributed by atoms with Crippen molar-refractivity contribution in [2.75, 3.05) is 6.54 Å². The third-order valence-electron chi connectivity index (χ3n) is 2.97. The number of nitrogens with one attached hydrogen (secondary N) is 1. The molecule has 1 aromatic rings. The Kier molecular flexibility index (Phi) is 6.43. The average Bonchev–Trinajstić information content (AvgIpc) is 2.69. The van der Waals surface area contributed by atoms with Crippen molar-refractivity contribution in [1.29, 1.82) is 0 Å². The Balaban J connectivity index is 2.23. The minimum atomic E-state index is 0.651. The van der Waals surface area contributed by atoms with Crippen molar-refractivity contribution < 1.29 is 0 Å². The molecule has 0 fully saturated rings. The maximum Gasteiger partial charge on any atom is 0.00870 e. The first kappa shape index (κ1) is 13.5. The lowest BCUT2D eigenvalue weighted by Gasteiger charge is -2.15. The fourth-order valence-corrected chi connectivity index (χ4v) is 2.73. The molecule has 0 aromatic carbocycles. The first-order valence-corrected chi connectivity index (χ1v) is 7.03. The van der Waals surface area contributed by atoms with E-state index < -0.39 is 0 Å². The molecule has 0 radical (unpaired) electrons. The summed E-state index contributed by atoms with van der Waals surface area (Å²) in [7, 11) is 0. The Morgan fingerprint density at radius 2 is 2.38 bits per heavy atom. The molecule has 0 spiro atoms. The second-order valence-corrected chi connectivity index (χ2v) is 5.20. The Morgan fingerprint density at radius 1 is 1.56 bits per heavy atom. The molecular weight excluding hydrogens is 214 g/mol. The van der Waals surface area contributed by atoms with Crippen molar-refractivity contribution in [3.63, 3.8) is 0 Å². The van der Waals surface area contributed by atoms with Gasteiger partial charge in [-0.2, -0.15) is 0 Å². The maximum atomic E-state index is 3.77. The Labute approximate surface area is 104 Å². The second kappa shape index (κ2) is 7.64. The zero-order chi connectivity index (χ0) is 11.8. The topological polar surface area (TPSA) is 12.0 Å². The third-order valence-corrected chi connectivity index (χ3v) is 4.05. The first-order valence-electron chi connectivity index (χ1n) is 6.15. The van der Waals surface area contributed by atoms with Crippen LogP contribution in [0.3, 0.4) is 0 Å². The van der Waals surface area contributed by atoms with Crippen molar-refractivity contribution in [1.82, 2.24) is 5.32 Å². The van der Waals surface area contributed by atoms with Crippen LogP contribution < -0.4 is 5.32 Å². The summed E-state index contributed by atoms with van der Waals surface area (Å²) in [6.07, 6.45) is 6.70. The number of rotatable bonds is 8. The molecule has 90 valence electrons. The summed E-state index contributed by atoms with van der Waals surface area (Å²) >= 11 is 1.87. The number of hydrogen-bond acceptors (Lipinski definition) is 2. The van der Waals surface area contributed by atoms with Gasteiger partial charge in [-0.15, -0.1) is 17.9 Å². The summed E-state index contributed by atoms with van der Waals surface area (Å²) in [6, 6.07) is 2.85. The molecule has 1 aromatic heterocycles. The molecule has 0 aliphatic rings. The molecule has 1 nitrogen and oxygen atoms in total. The highest BCUT2D eigenvalue weighted by Crippen LogP contribution is 2.15. The van der Waals surface area contributed by atoms with E-state index in [1.165, 1.54) is 23.3 Å². The van der Waals surface area contributed by atoms with E-state index in [2.05, 4.69) is 37.2 Å². The van der Waals surface area contributed by atoms with Crippen LogP contribution in [-0.4, -0.2) is 12.6 Å². The van der Waals surface area contributed by atoms with Gasteiger partial charge in [0, 0.05) is 17.5 Å². The zero-order valence-corrected chi connectivity index (χ0v) is 11.3. The second-order valence-electron chi connectivity index (χ2n) is 4.20. The van der Waals surface area contributed by atoms with Gasteiger partial charge >= 0.3 is 0 Å². The molecule has 1 atom stereocenters. The molecule has 0 saturated carbocycles. The molecule has 0 bridgehead atoms. The quantitative estimate of drug-likeness (QED) is 0.675. The molecule has 0 saturated heterocycles. The summed E-state index contributed by atoms with van der Waals surface area (Å²) in [4.78, 5) is 1.52. The molecule has 1 N–H and O–H groups in total. The number of allylic oxidation sites excluding steroid dienone is 1. The fourth-order valence-electron chi connectivity index (χ4n) is 1.82. The standard InChI is InChI=1S/C14H23NS/c1-4-6-7-13(5-2)15-10-8-14-12(3)9-11-16-14/h4,9,11,13,15H,1,5-8,10H2,2-3H3. The molecule has 1 rings (SSSR count). The van der Waals surface area contributed by atoms with Crippen LogP contribution in [0.1, 0.15) is 36.6 Å². The van der Waals surface area contributed by atoms with Crippen LogP contribution in [0, 0.1) is 6.92 Å². The number of thiophene rings is 1. The van der Waals surface area contributed by atoms with E-state index in [1.807, 2.05) is 17.4 Å². The highest BCUT2D eigenvalue weighted by molar-refractivity contribution is 7.10. The molecule has 2 heteroatoms. The van der Waals surface area contributed by atoms with Crippen molar-refractivity contribution in [2.24, 2.45) is 0 Å². The van der Waals surface area contributed by atoms with E-state index >= 15 is 0 Å². The van der Waals surface area contributed by atoms with E-state index in [-0.39, 0.29) is 0 Å². The van der Waals surface area contributed by atoms with Crippen LogP contribution in [0.25, 0.3) is 0 Å². The van der Waals surface area contributed by atoms with Gasteiger partial charge in [0.25, 0.3) is 0 Å². The molecule has 0 amide bonds. The lowest BCUT2D eigenvalue weighted by Crippen LogP contribution is -2.30. The molecule has 16 heavy (non-hydrogen) atoms. The molecule has 0 aliphatic heterocycles. The van der Waals surface area contributed by atoms with Gasteiger partial charge in [0.1, 0.15) is 0 Å². The normalized spacial score (nSPS) is 12.6. The van der Waals surface area contributed by atoms with Gasteiger partial charge in [-0.25, -0.2) is 0 Å². The number of aryl methyl sites for hydroxylation is 1. The molecule has 1 heterocycles. The Bertz CT molecular complexity index is 303. The summed E-state index contributed by atoms with van der Waals surface area (Å²) < 4.78 is 0. The maximum absolute atomic E-state index is 3.77. The van der Waals surface area contributed by atoms with Crippen molar-refractivity contribution in [2.45, 2.75) is 45.6 Å². The summed E-state index contributed by atoms with van der Waals surface area (Å²) in [5.74, 6) is 0. The van der Waals surface area contributed by atoms with Crippen LogP contribution in [0.2, 0.25) is 0 Å². The SMILES string of the molecule is C=CCCC(CC)NCCc1sccc1C. The largest absolute Gasteiger partial charge is 0.314 e. The van der Waals surface area contributed by atoms with E-state index in [9.17, 15) is 0 Å². The summed E-state index contributed by atoms with van der Waals surface area (Å²) in [5, 5.41) is 5.81. The monoisotopic (exact) mass is 237 g/mol. The van der Waals surface area contributed by atoms with Gasteiger partial charge in [0.05, 0.1) is 0 Å². The minimum Gasteiger partial charge on any atom is -0.314 e. The number of hydrogen-bond donors (Lipinski definition) is 1. The van der Waals surface area contributed by atoms with Gasteiger partial charge in [-0.05, 0) is 49.6 Å². The minimum absolute atomic E-state index is 0.651. The Hall–Kier alpha value is -0.600. The van der Waals surface area contributed by atoms with Gasteiger partial charge in [-0.3, -0.25) is 0 Å². The highest BCUT2D eigenvalue weighted by atomic mass is 32.1. The fraction of sp³-hybridized carbons (Fsp3) is 0.571. The van der Waals surface area contributed by atoms with E-state index in [4.69, 9.17) is 0 Å². The predicted molar refractivity (Wildman–Crippen MR) is 74.3 cm³/mol. The lowest BCUT2D eigenvalue weighted by atomic mass is 10.1. The molecule has 0 aliphatic carbocycles. The smallest absolute Gasteiger partial charge is 0.00870 e. The van der Waals surface area contributed by atoms with Gasteiger partial charge in [-0.1, -0.05) is 13.0 Å². The summed E-state index contributed by atoms with van der Waals surface area (Å²) in [5.41, 5.74) is 1.44. The van der Waals surface area contributed by atoms with Crippen molar-refractivity contribution in [3.05, 3.63) is 34.5 Å². The highest BCUT2D eigenvalue weighted by Gasteiger charge is 2.05. The van der Waals surface area contributed by atoms with Crippen LogP contribution in [-0.2, 0) is 6.42 Å². The average molecular weight is 237 g/mol. The zero-order valence-electron chi connectivity index (χ0n) is 10.5. The van der Waals surface area contributed by atoms with Crippen LogP contribution in [0.5, 0.6) is 0 Å². The van der Waals surface area contributed by atoms with E-state index in [0.29, 0.717) is 6.04 Å².